The van der Waals surface area contributed by atoms with Gasteiger partial charge in [-0.25, -0.2) is 0 Å². The second-order valence-electron chi connectivity index (χ2n) is 2.74. The number of hydrogen-bond acceptors (Lipinski definition) is 0. The van der Waals surface area contributed by atoms with Crippen molar-refractivity contribution in [2.75, 3.05) is 0 Å². The van der Waals surface area contributed by atoms with Crippen LogP contribution in [0.1, 0.15) is 19.8 Å². The van der Waals surface area contributed by atoms with E-state index >= 15 is 0 Å². The first-order chi connectivity index (χ1) is 5.61. The second kappa shape index (κ2) is 6.50. The van der Waals surface area contributed by atoms with Crippen LogP contribution in [0.3, 0.4) is 0 Å². The first kappa shape index (κ1) is 12.0. The van der Waals surface area contributed by atoms with Crippen molar-refractivity contribution in [3.63, 3.8) is 0 Å². The van der Waals surface area contributed by atoms with E-state index in [2.05, 4.69) is 29.1 Å². The fourth-order valence-electron chi connectivity index (χ4n) is 0.741. The quantitative estimate of drug-likeness (QED) is 0.384. The Morgan fingerprint density at radius 1 is 1.67 bits per heavy atom. The number of rotatable bonds is 5. The zero-order valence-corrected chi connectivity index (χ0v) is 9.66. The molecular formula is C10H14BrCl. The van der Waals surface area contributed by atoms with E-state index < -0.39 is 0 Å². The molecule has 0 radical (unpaired) electrons. The maximum absolute atomic E-state index is 6.00. The van der Waals surface area contributed by atoms with Gasteiger partial charge in [-0.3, -0.25) is 0 Å². The molecule has 0 aliphatic carbocycles. The number of alkyl halides is 1. The molecule has 0 rings (SSSR count). The van der Waals surface area contributed by atoms with Gasteiger partial charge in [-0.15, -0.1) is 11.6 Å². The summed E-state index contributed by atoms with van der Waals surface area (Å²) in [5.74, 6) is 0. The maximum atomic E-state index is 6.00. The molecule has 0 fully saturated rings. The minimum absolute atomic E-state index is 0.0763. The molecule has 0 spiro atoms. The van der Waals surface area contributed by atoms with E-state index in [0.717, 1.165) is 18.4 Å². The van der Waals surface area contributed by atoms with E-state index in [1.165, 1.54) is 5.57 Å². The summed E-state index contributed by atoms with van der Waals surface area (Å²) in [6, 6.07) is 0. The van der Waals surface area contributed by atoms with Crippen molar-refractivity contribution in [2.45, 2.75) is 25.1 Å². The van der Waals surface area contributed by atoms with Crippen molar-refractivity contribution in [3.8, 4) is 0 Å². The van der Waals surface area contributed by atoms with E-state index in [1.54, 1.807) is 0 Å². The van der Waals surface area contributed by atoms with Crippen LogP contribution in [0, 0.1) is 0 Å². The Morgan fingerprint density at radius 3 is 2.58 bits per heavy atom. The number of hydrogen-bond donors (Lipinski definition) is 0. The highest BCUT2D eigenvalue weighted by Crippen LogP contribution is 2.18. The Labute approximate surface area is 88.1 Å². The highest BCUT2D eigenvalue weighted by atomic mass is 79.9. The SMILES string of the molecule is C=CC(=CBr)CCC(Cl)C(=C)C. The van der Waals surface area contributed by atoms with Crippen molar-refractivity contribution in [1.82, 2.24) is 0 Å². The molecular weight excluding hydrogens is 235 g/mol. The van der Waals surface area contributed by atoms with Gasteiger partial charge < -0.3 is 0 Å². The molecule has 0 aliphatic rings. The first-order valence-corrected chi connectivity index (χ1v) is 5.18. The van der Waals surface area contributed by atoms with Crippen molar-refractivity contribution in [1.29, 1.82) is 0 Å². The van der Waals surface area contributed by atoms with Gasteiger partial charge in [0.15, 0.2) is 0 Å². The Hall–Kier alpha value is -0.0100. The van der Waals surface area contributed by atoms with Gasteiger partial charge in [0.05, 0.1) is 5.38 Å². The summed E-state index contributed by atoms with van der Waals surface area (Å²) in [7, 11) is 0. The van der Waals surface area contributed by atoms with Crippen LogP contribution in [-0.4, -0.2) is 5.38 Å². The van der Waals surface area contributed by atoms with E-state index in [9.17, 15) is 0 Å². The van der Waals surface area contributed by atoms with E-state index in [0.29, 0.717) is 0 Å². The lowest BCUT2D eigenvalue weighted by molar-refractivity contribution is 0.826. The van der Waals surface area contributed by atoms with Gasteiger partial charge in [-0.05, 0) is 30.3 Å². The van der Waals surface area contributed by atoms with Crippen LogP contribution >= 0.6 is 27.5 Å². The molecule has 0 heterocycles. The second-order valence-corrected chi connectivity index (χ2v) is 3.73. The molecule has 68 valence electrons. The first-order valence-electron chi connectivity index (χ1n) is 3.83. The summed E-state index contributed by atoms with van der Waals surface area (Å²) < 4.78 is 0. The fraction of sp³-hybridized carbons (Fsp3) is 0.400. The topological polar surface area (TPSA) is 0 Å². The molecule has 12 heavy (non-hydrogen) atoms. The van der Waals surface area contributed by atoms with Crippen LogP contribution in [0.15, 0.2) is 35.4 Å². The van der Waals surface area contributed by atoms with Crippen LogP contribution in [0.2, 0.25) is 0 Å². The van der Waals surface area contributed by atoms with Crippen LogP contribution < -0.4 is 0 Å². The van der Waals surface area contributed by atoms with Crippen LogP contribution in [0.5, 0.6) is 0 Å². The molecule has 0 aromatic heterocycles. The Balaban J connectivity index is 3.82. The molecule has 0 saturated carbocycles. The number of allylic oxidation sites excluding steroid dienone is 3. The molecule has 0 nitrogen and oxygen atoms in total. The van der Waals surface area contributed by atoms with Gasteiger partial charge in [0.1, 0.15) is 0 Å². The maximum Gasteiger partial charge on any atom is 0.0543 e. The number of halogens is 2. The van der Waals surface area contributed by atoms with Crippen LogP contribution in [0.4, 0.5) is 0 Å². The zero-order chi connectivity index (χ0) is 9.56. The smallest absolute Gasteiger partial charge is 0.0543 e. The van der Waals surface area contributed by atoms with Crippen LogP contribution in [0.25, 0.3) is 0 Å². The monoisotopic (exact) mass is 248 g/mol. The fourth-order valence-corrected chi connectivity index (χ4v) is 1.27. The summed E-state index contributed by atoms with van der Waals surface area (Å²) in [5.41, 5.74) is 2.19. The van der Waals surface area contributed by atoms with Gasteiger partial charge in [0.25, 0.3) is 0 Å². The average Bonchev–Trinajstić information content (AvgIpc) is 2.05. The van der Waals surface area contributed by atoms with Crippen LogP contribution in [-0.2, 0) is 0 Å². The van der Waals surface area contributed by atoms with Gasteiger partial charge in [0, 0.05) is 0 Å². The van der Waals surface area contributed by atoms with E-state index in [-0.39, 0.29) is 5.38 Å². The molecule has 1 unspecified atom stereocenters. The van der Waals surface area contributed by atoms with Crippen molar-refractivity contribution >= 4 is 27.5 Å². The molecule has 0 aromatic rings. The highest BCUT2D eigenvalue weighted by molar-refractivity contribution is 9.11. The lowest BCUT2D eigenvalue weighted by Crippen LogP contribution is -1.98. The Morgan fingerprint density at radius 2 is 2.25 bits per heavy atom. The van der Waals surface area contributed by atoms with Gasteiger partial charge in [-0.2, -0.15) is 0 Å². The average molecular weight is 250 g/mol. The zero-order valence-electron chi connectivity index (χ0n) is 7.32. The predicted molar refractivity (Wildman–Crippen MR) is 60.9 cm³/mol. The highest BCUT2D eigenvalue weighted by Gasteiger charge is 2.04. The van der Waals surface area contributed by atoms with Gasteiger partial charge >= 0.3 is 0 Å². The summed E-state index contributed by atoms with van der Waals surface area (Å²) in [5, 5.41) is 0.0763. The molecule has 2 heteroatoms. The van der Waals surface area contributed by atoms with Crippen molar-refractivity contribution in [3.05, 3.63) is 35.4 Å². The summed E-state index contributed by atoms with van der Waals surface area (Å²) in [4.78, 5) is 1.88. The summed E-state index contributed by atoms with van der Waals surface area (Å²) in [6.45, 7) is 9.43. The largest absolute Gasteiger partial charge is 0.118 e. The molecule has 0 N–H and O–H groups in total. The lowest BCUT2D eigenvalue weighted by Gasteiger charge is -2.08. The van der Waals surface area contributed by atoms with Gasteiger partial charge in [0.2, 0.25) is 0 Å². The van der Waals surface area contributed by atoms with E-state index in [4.69, 9.17) is 11.6 Å². The minimum atomic E-state index is 0.0763. The third kappa shape index (κ3) is 4.78. The van der Waals surface area contributed by atoms with Crippen molar-refractivity contribution < 1.29 is 0 Å². The molecule has 0 bridgehead atoms. The predicted octanol–water partition coefficient (Wildman–Crippen LogP) is 4.41. The summed E-state index contributed by atoms with van der Waals surface area (Å²) in [6.07, 6.45) is 3.69. The third-order valence-corrected chi connectivity index (χ3v) is 2.80. The standard InChI is InChI=1S/C10H14BrCl/c1-4-9(7-11)5-6-10(12)8(2)3/h4,7,10H,1-2,5-6H2,3H3. The Bertz CT molecular complexity index is 194. The van der Waals surface area contributed by atoms with E-state index in [1.807, 2.05) is 18.0 Å². The molecule has 0 amide bonds. The summed E-state index contributed by atoms with van der Waals surface area (Å²) >= 11 is 9.26. The van der Waals surface area contributed by atoms with Crippen molar-refractivity contribution in [2.24, 2.45) is 0 Å². The molecule has 1 atom stereocenters. The Kier molecular flexibility index (Phi) is 6.49. The lowest BCUT2D eigenvalue weighted by atomic mass is 10.1. The molecule has 0 saturated heterocycles. The normalized spacial score (nSPS) is 14.1. The molecule has 0 aromatic carbocycles. The molecule has 0 aliphatic heterocycles. The van der Waals surface area contributed by atoms with Gasteiger partial charge in [-0.1, -0.05) is 40.7 Å². The minimum Gasteiger partial charge on any atom is -0.118 e. The third-order valence-electron chi connectivity index (χ3n) is 1.62.